The van der Waals surface area contributed by atoms with Crippen LogP contribution in [0.25, 0.3) is 21.7 Å². The molecule has 1 atom stereocenters. The third-order valence-corrected chi connectivity index (χ3v) is 4.86. The number of nitrogens with two attached hydrogens (primary N) is 1. The van der Waals surface area contributed by atoms with Crippen molar-refractivity contribution in [2.75, 3.05) is 6.61 Å². The number of benzene rings is 1. The molecule has 2 aromatic heterocycles. The van der Waals surface area contributed by atoms with Crippen LogP contribution in [0.4, 0.5) is 0 Å². The predicted molar refractivity (Wildman–Crippen MR) is 107 cm³/mol. The Kier molecular flexibility index (Phi) is 5.21. The highest BCUT2D eigenvalue weighted by Gasteiger charge is 2.15. The maximum absolute atomic E-state index is 12.9. The molecule has 5 nitrogen and oxygen atoms in total. The van der Waals surface area contributed by atoms with Crippen LogP contribution in [0, 0.1) is 12.8 Å². The second-order valence-electron chi connectivity index (χ2n) is 7.19. The molecule has 0 bridgehead atoms. The average molecular weight is 374 g/mol. The fourth-order valence-corrected chi connectivity index (χ4v) is 3.63. The first-order valence-corrected chi connectivity index (χ1v) is 9.13. The van der Waals surface area contributed by atoms with E-state index >= 15 is 0 Å². The number of hydrogen-bond acceptors (Lipinski definition) is 4. The van der Waals surface area contributed by atoms with E-state index in [0.717, 1.165) is 28.4 Å². The van der Waals surface area contributed by atoms with Gasteiger partial charge in [0.1, 0.15) is 12.4 Å². The summed E-state index contributed by atoms with van der Waals surface area (Å²) in [6.07, 6.45) is 2.61. The first-order chi connectivity index (χ1) is 12.3. The Hall–Kier alpha value is -2.11. The second kappa shape index (κ2) is 7.25. The molecule has 1 aromatic carbocycles. The van der Waals surface area contributed by atoms with Gasteiger partial charge >= 0.3 is 0 Å². The topological polar surface area (TPSA) is 70.1 Å². The normalized spacial score (nSPS) is 12.9. The SMILES string of the molecule is Cc1nccc2c3cc(Cl)c(OCC(N)CC(C)C)cc3c(=O)n(C)c12. The van der Waals surface area contributed by atoms with Crippen LogP contribution < -0.4 is 16.0 Å². The van der Waals surface area contributed by atoms with E-state index in [0.29, 0.717) is 28.7 Å². The van der Waals surface area contributed by atoms with Crippen LogP contribution in [0.2, 0.25) is 5.02 Å². The van der Waals surface area contributed by atoms with Gasteiger partial charge in [-0.15, -0.1) is 0 Å². The fraction of sp³-hybridized carbons (Fsp3) is 0.400. The number of nitrogens with zero attached hydrogens (tertiary/aromatic N) is 2. The zero-order valence-electron chi connectivity index (χ0n) is 15.5. The fourth-order valence-electron chi connectivity index (χ4n) is 3.42. The molecule has 3 rings (SSSR count). The molecule has 0 saturated heterocycles. The average Bonchev–Trinajstić information content (AvgIpc) is 2.57. The standard InChI is InChI=1S/C20H24ClN3O2/c1-11(2)7-13(22)10-26-18-9-16-15(8-17(18)21)14-5-6-23-12(3)19(14)24(4)20(16)25/h5-6,8-9,11,13H,7,10,22H2,1-4H3. The first kappa shape index (κ1) is 18.7. The first-order valence-electron chi connectivity index (χ1n) is 8.75. The van der Waals surface area contributed by atoms with Gasteiger partial charge in [0.15, 0.2) is 0 Å². The Balaban J connectivity index is 2.10. The van der Waals surface area contributed by atoms with E-state index in [1.54, 1.807) is 29.9 Å². The van der Waals surface area contributed by atoms with Crippen molar-refractivity contribution in [1.82, 2.24) is 9.55 Å². The van der Waals surface area contributed by atoms with E-state index in [1.165, 1.54) is 0 Å². The molecule has 6 heteroatoms. The lowest BCUT2D eigenvalue weighted by Crippen LogP contribution is -2.29. The van der Waals surface area contributed by atoms with Gasteiger partial charge < -0.3 is 15.0 Å². The number of ether oxygens (including phenoxy) is 1. The molecule has 0 radical (unpaired) electrons. The van der Waals surface area contributed by atoms with Crippen LogP contribution in [0.5, 0.6) is 5.75 Å². The number of halogens is 1. The van der Waals surface area contributed by atoms with Gasteiger partial charge in [-0.25, -0.2) is 0 Å². The number of pyridine rings is 2. The van der Waals surface area contributed by atoms with Gasteiger partial charge in [0.2, 0.25) is 0 Å². The monoisotopic (exact) mass is 373 g/mol. The minimum atomic E-state index is -0.100. The zero-order valence-corrected chi connectivity index (χ0v) is 16.3. The van der Waals surface area contributed by atoms with E-state index in [-0.39, 0.29) is 11.6 Å². The summed E-state index contributed by atoms with van der Waals surface area (Å²) in [6.45, 7) is 6.49. The summed E-state index contributed by atoms with van der Waals surface area (Å²) >= 11 is 6.43. The van der Waals surface area contributed by atoms with Gasteiger partial charge in [0.05, 0.1) is 21.6 Å². The molecular formula is C20H24ClN3O2. The van der Waals surface area contributed by atoms with E-state index in [2.05, 4.69) is 18.8 Å². The minimum absolute atomic E-state index is 0.0741. The molecule has 2 N–H and O–H groups in total. The maximum atomic E-state index is 12.9. The summed E-state index contributed by atoms with van der Waals surface area (Å²) in [6, 6.07) is 5.34. The molecule has 0 aliphatic rings. The van der Waals surface area contributed by atoms with Gasteiger partial charge in [0.25, 0.3) is 5.56 Å². The number of aromatic nitrogens is 2. The molecule has 138 valence electrons. The van der Waals surface area contributed by atoms with Gasteiger partial charge in [-0.3, -0.25) is 9.78 Å². The Bertz CT molecular complexity index is 1030. The summed E-state index contributed by atoms with van der Waals surface area (Å²) < 4.78 is 7.45. The molecule has 3 aromatic rings. The minimum Gasteiger partial charge on any atom is -0.490 e. The second-order valence-corrected chi connectivity index (χ2v) is 7.59. The van der Waals surface area contributed by atoms with Crippen LogP contribution in [-0.2, 0) is 7.05 Å². The van der Waals surface area contributed by atoms with Crippen LogP contribution in [0.3, 0.4) is 0 Å². The Morgan fingerprint density at radius 1 is 1.27 bits per heavy atom. The molecule has 0 aliphatic carbocycles. The lowest BCUT2D eigenvalue weighted by atomic mass is 10.0. The highest BCUT2D eigenvalue weighted by molar-refractivity contribution is 6.33. The molecule has 0 amide bonds. The lowest BCUT2D eigenvalue weighted by Gasteiger charge is -2.17. The summed E-state index contributed by atoms with van der Waals surface area (Å²) in [5.74, 6) is 0.983. The quantitative estimate of drug-likeness (QED) is 0.690. The Morgan fingerprint density at radius 3 is 2.69 bits per heavy atom. The predicted octanol–water partition coefficient (Wildman–Crippen LogP) is 3.80. The summed E-state index contributed by atoms with van der Waals surface area (Å²) in [4.78, 5) is 17.2. The number of fused-ring (bicyclic) bond motifs is 3. The Labute approximate surface area is 157 Å². The van der Waals surface area contributed by atoms with E-state index in [4.69, 9.17) is 22.1 Å². The Morgan fingerprint density at radius 2 is 2.00 bits per heavy atom. The third kappa shape index (κ3) is 3.41. The van der Waals surface area contributed by atoms with E-state index in [1.807, 2.05) is 13.0 Å². The van der Waals surface area contributed by atoms with Crippen molar-refractivity contribution in [3.05, 3.63) is 45.5 Å². The maximum Gasteiger partial charge on any atom is 0.258 e. The molecule has 0 fully saturated rings. The van der Waals surface area contributed by atoms with Crippen LogP contribution >= 0.6 is 11.6 Å². The highest BCUT2D eigenvalue weighted by atomic mass is 35.5. The molecule has 0 aliphatic heterocycles. The van der Waals surface area contributed by atoms with E-state index < -0.39 is 0 Å². The van der Waals surface area contributed by atoms with Crippen molar-refractivity contribution in [2.24, 2.45) is 18.7 Å². The summed E-state index contributed by atoms with van der Waals surface area (Å²) in [5, 5.41) is 2.79. The van der Waals surface area contributed by atoms with Crippen molar-refractivity contribution in [1.29, 1.82) is 0 Å². The molecule has 1 unspecified atom stereocenters. The van der Waals surface area contributed by atoms with Crippen LogP contribution in [0.15, 0.2) is 29.2 Å². The van der Waals surface area contributed by atoms with Crippen molar-refractivity contribution >= 4 is 33.3 Å². The summed E-state index contributed by atoms with van der Waals surface area (Å²) in [7, 11) is 1.76. The van der Waals surface area contributed by atoms with Gasteiger partial charge in [-0.2, -0.15) is 0 Å². The smallest absolute Gasteiger partial charge is 0.258 e. The van der Waals surface area contributed by atoms with Gasteiger partial charge in [0, 0.05) is 24.7 Å². The van der Waals surface area contributed by atoms with E-state index in [9.17, 15) is 4.79 Å². The highest BCUT2D eigenvalue weighted by Crippen LogP contribution is 2.33. The van der Waals surface area contributed by atoms with Gasteiger partial charge in [-0.1, -0.05) is 25.4 Å². The largest absolute Gasteiger partial charge is 0.490 e. The van der Waals surface area contributed by atoms with Crippen molar-refractivity contribution in [3.8, 4) is 5.75 Å². The molecule has 0 spiro atoms. The van der Waals surface area contributed by atoms with Crippen molar-refractivity contribution in [2.45, 2.75) is 33.2 Å². The third-order valence-electron chi connectivity index (χ3n) is 4.57. The van der Waals surface area contributed by atoms with Crippen molar-refractivity contribution in [3.63, 3.8) is 0 Å². The molecule has 2 heterocycles. The van der Waals surface area contributed by atoms with Crippen molar-refractivity contribution < 1.29 is 4.74 Å². The molecule has 0 saturated carbocycles. The van der Waals surface area contributed by atoms with Crippen LogP contribution in [-0.4, -0.2) is 22.2 Å². The lowest BCUT2D eigenvalue weighted by molar-refractivity contribution is 0.271. The number of aryl methyl sites for hydroxylation is 2. The molecule has 26 heavy (non-hydrogen) atoms. The van der Waals surface area contributed by atoms with Gasteiger partial charge in [-0.05, 0) is 42.8 Å². The molecular weight excluding hydrogens is 350 g/mol. The zero-order chi connectivity index (χ0) is 19.0. The van der Waals surface area contributed by atoms with Crippen LogP contribution in [0.1, 0.15) is 26.0 Å². The number of rotatable bonds is 5. The summed E-state index contributed by atoms with van der Waals surface area (Å²) in [5.41, 5.74) is 7.61. The number of hydrogen-bond donors (Lipinski definition) is 1.